The number of benzene rings is 1. The number of nitrogens with one attached hydrogen (secondary N) is 1. The lowest BCUT2D eigenvalue weighted by Gasteiger charge is -1.98. The van der Waals surface area contributed by atoms with Crippen LogP contribution >= 0.6 is 11.8 Å². The van der Waals surface area contributed by atoms with Gasteiger partial charge in [-0.05, 0) is 6.07 Å². The lowest BCUT2D eigenvalue weighted by molar-refractivity contribution is -0.385. The molecule has 0 bridgehead atoms. The van der Waals surface area contributed by atoms with Gasteiger partial charge in [0.1, 0.15) is 5.25 Å². The normalized spacial score (nSPS) is 19.2. The van der Waals surface area contributed by atoms with Crippen molar-refractivity contribution in [3.63, 3.8) is 0 Å². The van der Waals surface area contributed by atoms with Gasteiger partial charge < -0.3 is 15.5 Å². The molecule has 0 aliphatic carbocycles. The first kappa shape index (κ1) is 16.4. The van der Waals surface area contributed by atoms with E-state index in [1.54, 1.807) is 0 Å². The van der Waals surface area contributed by atoms with Crippen molar-refractivity contribution in [2.24, 2.45) is 10.2 Å². The van der Waals surface area contributed by atoms with E-state index in [2.05, 4.69) is 15.5 Å². The third-order valence-corrected chi connectivity index (χ3v) is 3.80. The molecule has 0 radical (unpaired) electrons. The standard InChI is InChI=1S/C12H10N4O6S/c17-9(18)4-8-11(20)14-12(23-8)15-13-5-6-2-1-3-7(10(6)19)16(21)22/h1-3,5,8,19H,4H2,(H,17,18)(H,14,15,20)/b13-5-/t8-/m0/s1. The second-order valence-electron chi connectivity index (χ2n) is 4.32. The molecule has 0 unspecified atom stereocenters. The van der Waals surface area contributed by atoms with Crippen LogP contribution in [0.5, 0.6) is 5.75 Å². The first-order valence-electron chi connectivity index (χ1n) is 6.15. The van der Waals surface area contributed by atoms with Crippen LogP contribution in [0.2, 0.25) is 0 Å². The minimum Gasteiger partial charge on any atom is -0.502 e. The molecule has 23 heavy (non-hydrogen) atoms. The van der Waals surface area contributed by atoms with Crippen molar-refractivity contribution < 1.29 is 24.7 Å². The number of hydrogen-bond acceptors (Lipinski definition) is 8. The lowest BCUT2D eigenvalue weighted by Crippen LogP contribution is -2.26. The Labute approximate surface area is 133 Å². The number of carbonyl (C=O) groups is 2. The van der Waals surface area contributed by atoms with E-state index in [9.17, 15) is 24.8 Å². The number of nitro groups is 1. The molecule has 0 spiro atoms. The Bertz CT molecular complexity index is 732. The maximum Gasteiger partial charge on any atom is 0.311 e. The highest BCUT2D eigenvalue weighted by atomic mass is 32.2. The zero-order valence-electron chi connectivity index (χ0n) is 11.4. The van der Waals surface area contributed by atoms with Gasteiger partial charge in [-0.2, -0.15) is 5.10 Å². The Morgan fingerprint density at radius 2 is 2.26 bits per heavy atom. The molecule has 1 aromatic rings. The number of aromatic hydroxyl groups is 1. The van der Waals surface area contributed by atoms with E-state index >= 15 is 0 Å². The van der Waals surface area contributed by atoms with Crippen molar-refractivity contribution in [1.29, 1.82) is 0 Å². The summed E-state index contributed by atoms with van der Waals surface area (Å²) < 4.78 is 0. The monoisotopic (exact) mass is 338 g/mol. The first-order chi connectivity index (χ1) is 10.9. The van der Waals surface area contributed by atoms with Crippen LogP contribution in [0.1, 0.15) is 12.0 Å². The van der Waals surface area contributed by atoms with Crippen molar-refractivity contribution in [2.45, 2.75) is 11.7 Å². The molecule has 1 aliphatic rings. The molecule has 1 aromatic carbocycles. The number of nitrogens with zero attached hydrogens (tertiary/aromatic N) is 3. The number of nitro benzene ring substituents is 1. The molecule has 1 saturated heterocycles. The number of phenols is 1. The fraction of sp³-hybridized carbons (Fsp3) is 0.167. The molecule has 10 nitrogen and oxygen atoms in total. The van der Waals surface area contributed by atoms with Crippen LogP contribution in [0.3, 0.4) is 0 Å². The summed E-state index contributed by atoms with van der Waals surface area (Å²) >= 11 is 0.919. The molecule has 1 aliphatic heterocycles. The molecule has 1 atom stereocenters. The Morgan fingerprint density at radius 3 is 2.91 bits per heavy atom. The molecular weight excluding hydrogens is 328 g/mol. The van der Waals surface area contributed by atoms with E-state index in [1.165, 1.54) is 12.1 Å². The molecular formula is C12H10N4O6S. The van der Waals surface area contributed by atoms with Crippen molar-refractivity contribution >= 4 is 40.7 Å². The first-order valence-corrected chi connectivity index (χ1v) is 7.03. The number of carboxylic acids is 1. The fourth-order valence-corrected chi connectivity index (χ4v) is 2.60. The van der Waals surface area contributed by atoms with Crippen LogP contribution in [0, 0.1) is 10.1 Å². The summed E-state index contributed by atoms with van der Waals surface area (Å²) in [6, 6.07) is 3.92. The highest BCUT2D eigenvalue weighted by Gasteiger charge is 2.32. The molecule has 0 aromatic heterocycles. The van der Waals surface area contributed by atoms with Gasteiger partial charge in [0.15, 0.2) is 5.17 Å². The molecule has 120 valence electrons. The van der Waals surface area contributed by atoms with Crippen LogP contribution in [-0.4, -0.2) is 43.6 Å². The fourth-order valence-electron chi connectivity index (χ4n) is 1.69. The number of phenolic OH excluding ortho intramolecular Hbond substituents is 1. The second-order valence-corrected chi connectivity index (χ2v) is 5.51. The summed E-state index contributed by atoms with van der Waals surface area (Å²) in [5, 5.41) is 38.1. The molecule has 2 rings (SSSR count). The quantitative estimate of drug-likeness (QED) is 0.405. The number of rotatable bonds is 5. The average Bonchev–Trinajstić information content (AvgIpc) is 2.80. The number of para-hydroxylation sites is 1. The van der Waals surface area contributed by atoms with E-state index in [4.69, 9.17) is 5.11 Å². The number of thioether (sulfide) groups is 1. The van der Waals surface area contributed by atoms with Crippen LogP contribution in [0.15, 0.2) is 28.4 Å². The van der Waals surface area contributed by atoms with E-state index in [-0.39, 0.29) is 17.2 Å². The van der Waals surface area contributed by atoms with Gasteiger partial charge in [0.05, 0.1) is 17.6 Å². The molecule has 3 N–H and O–H groups in total. The van der Waals surface area contributed by atoms with E-state index in [0.717, 1.165) is 24.0 Å². The predicted octanol–water partition coefficient (Wildman–Crippen LogP) is 0.697. The number of aliphatic carboxylic acids is 1. The van der Waals surface area contributed by atoms with Crippen molar-refractivity contribution in [3.8, 4) is 5.75 Å². The van der Waals surface area contributed by atoms with Gasteiger partial charge in [0.2, 0.25) is 11.7 Å². The van der Waals surface area contributed by atoms with Crippen LogP contribution in [0.25, 0.3) is 0 Å². The van der Waals surface area contributed by atoms with Crippen LogP contribution in [-0.2, 0) is 9.59 Å². The van der Waals surface area contributed by atoms with Gasteiger partial charge in [-0.25, -0.2) is 0 Å². The minimum absolute atomic E-state index is 0.0833. The topological polar surface area (TPSA) is 154 Å². The summed E-state index contributed by atoms with van der Waals surface area (Å²) in [4.78, 5) is 32.0. The van der Waals surface area contributed by atoms with Crippen molar-refractivity contribution in [2.75, 3.05) is 0 Å². The molecule has 1 amide bonds. The largest absolute Gasteiger partial charge is 0.502 e. The Kier molecular flexibility index (Phi) is 4.91. The van der Waals surface area contributed by atoms with Crippen molar-refractivity contribution in [1.82, 2.24) is 5.32 Å². The van der Waals surface area contributed by atoms with Gasteiger partial charge in [-0.3, -0.25) is 19.7 Å². The number of amides is 1. The van der Waals surface area contributed by atoms with Gasteiger partial charge in [0.25, 0.3) is 0 Å². The summed E-state index contributed by atoms with van der Waals surface area (Å²) in [6.07, 6.45) is 0.747. The third-order valence-electron chi connectivity index (χ3n) is 2.72. The summed E-state index contributed by atoms with van der Waals surface area (Å²) in [7, 11) is 0. The zero-order chi connectivity index (χ0) is 17.0. The van der Waals surface area contributed by atoms with Crippen molar-refractivity contribution in [3.05, 3.63) is 33.9 Å². The minimum atomic E-state index is -1.11. The zero-order valence-corrected chi connectivity index (χ0v) is 12.2. The summed E-state index contributed by atoms with van der Waals surface area (Å²) in [6.45, 7) is 0. The highest BCUT2D eigenvalue weighted by molar-refractivity contribution is 8.15. The number of hydrogen-bond donors (Lipinski definition) is 3. The second kappa shape index (κ2) is 6.87. The van der Waals surface area contributed by atoms with E-state index in [0.29, 0.717) is 0 Å². The van der Waals surface area contributed by atoms with Gasteiger partial charge in [-0.1, -0.05) is 17.8 Å². The van der Waals surface area contributed by atoms with Gasteiger partial charge in [-0.15, -0.1) is 5.10 Å². The lowest BCUT2D eigenvalue weighted by atomic mass is 10.2. The molecule has 11 heteroatoms. The third kappa shape index (κ3) is 4.03. The smallest absolute Gasteiger partial charge is 0.311 e. The molecule has 1 fully saturated rings. The Balaban J connectivity index is 2.10. The summed E-state index contributed by atoms with van der Waals surface area (Å²) in [5.41, 5.74) is -0.383. The van der Waals surface area contributed by atoms with E-state index < -0.39 is 33.5 Å². The van der Waals surface area contributed by atoms with E-state index in [1.807, 2.05) is 0 Å². The van der Waals surface area contributed by atoms with Gasteiger partial charge in [0, 0.05) is 11.6 Å². The maximum atomic E-state index is 11.5. The molecule has 1 heterocycles. The van der Waals surface area contributed by atoms with Crippen LogP contribution < -0.4 is 5.32 Å². The average molecular weight is 338 g/mol. The SMILES string of the molecule is O=C(O)C[C@@H]1S/C(=N\N=C/c2cccc([N+](=O)[O-])c2O)NC1=O. The van der Waals surface area contributed by atoms with Gasteiger partial charge >= 0.3 is 11.7 Å². The molecule has 0 saturated carbocycles. The number of carbonyl (C=O) groups excluding carboxylic acids is 1. The summed E-state index contributed by atoms with van der Waals surface area (Å²) in [5.74, 6) is -2.14. The predicted molar refractivity (Wildman–Crippen MR) is 81.6 cm³/mol. The number of amidine groups is 1. The van der Waals surface area contributed by atoms with Crippen LogP contribution in [0.4, 0.5) is 5.69 Å². The number of carboxylic acid groups (broad SMARTS) is 1. The Morgan fingerprint density at radius 1 is 1.52 bits per heavy atom. The maximum absolute atomic E-state index is 11.5. The highest BCUT2D eigenvalue weighted by Crippen LogP contribution is 2.28. The Hall–Kier alpha value is -2.95.